The summed E-state index contributed by atoms with van der Waals surface area (Å²) in [7, 11) is 1.90. The summed E-state index contributed by atoms with van der Waals surface area (Å²) in [5.74, 6) is -0.320. The van der Waals surface area contributed by atoms with Gasteiger partial charge in [0, 0.05) is 6.04 Å². The molecule has 0 heterocycles. The molecule has 106 valence electrons. The lowest BCUT2D eigenvalue weighted by Crippen LogP contribution is -2.20. The van der Waals surface area contributed by atoms with Crippen LogP contribution in [-0.2, 0) is 6.42 Å². The van der Waals surface area contributed by atoms with Crippen molar-refractivity contribution in [2.75, 3.05) is 7.05 Å². The van der Waals surface area contributed by atoms with Gasteiger partial charge in [-0.15, -0.1) is 0 Å². The molecular weight excluding hydrogens is 273 g/mol. The smallest absolute Gasteiger partial charge is 0.145 e. The molecule has 0 aliphatic rings. The van der Waals surface area contributed by atoms with E-state index >= 15 is 0 Å². The van der Waals surface area contributed by atoms with Gasteiger partial charge < -0.3 is 5.32 Å². The van der Waals surface area contributed by atoms with Gasteiger partial charge >= 0.3 is 0 Å². The van der Waals surface area contributed by atoms with Crippen molar-refractivity contribution >= 4 is 11.6 Å². The third-order valence-corrected chi connectivity index (χ3v) is 3.91. The highest BCUT2D eigenvalue weighted by Gasteiger charge is 2.16. The van der Waals surface area contributed by atoms with E-state index < -0.39 is 0 Å². The second-order valence-corrected chi connectivity index (χ2v) is 5.53. The van der Waals surface area contributed by atoms with Crippen LogP contribution in [0, 0.1) is 19.7 Å². The standard InChI is InChI=1S/C17H19ClFN/c1-11-7-8-12(2)14(9-11)16(20-3)10-13-5-4-6-15(18)17(13)19/h4-9,16,20H,10H2,1-3H3. The van der Waals surface area contributed by atoms with Crippen molar-refractivity contribution in [3.63, 3.8) is 0 Å². The molecule has 0 radical (unpaired) electrons. The Morgan fingerprint density at radius 2 is 1.95 bits per heavy atom. The molecule has 0 amide bonds. The van der Waals surface area contributed by atoms with Gasteiger partial charge in [0.15, 0.2) is 0 Å². The van der Waals surface area contributed by atoms with Gasteiger partial charge in [0.1, 0.15) is 5.82 Å². The minimum Gasteiger partial charge on any atom is -0.313 e. The van der Waals surface area contributed by atoms with Crippen molar-refractivity contribution < 1.29 is 4.39 Å². The van der Waals surface area contributed by atoms with E-state index in [1.54, 1.807) is 18.2 Å². The molecule has 1 N–H and O–H groups in total. The van der Waals surface area contributed by atoms with E-state index in [-0.39, 0.29) is 16.9 Å². The average Bonchev–Trinajstić information content (AvgIpc) is 2.43. The molecule has 0 saturated heterocycles. The average molecular weight is 292 g/mol. The van der Waals surface area contributed by atoms with Crippen LogP contribution in [0.3, 0.4) is 0 Å². The number of hydrogen-bond donors (Lipinski definition) is 1. The summed E-state index contributed by atoms with van der Waals surface area (Å²) in [6.45, 7) is 4.14. The van der Waals surface area contributed by atoms with Crippen LogP contribution in [0.5, 0.6) is 0 Å². The van der Waals surface area contributed by atoms with Crippen molar-refractivity contribution in [1.82, 2.24) is 5.32 Å². The molecule has 0 aliphatic carbocycles. The van der Waals surface area contributed by atoms with Crippen LogP contribution in [0.25, 0.3) is 0 Å². The van der Waals surface area contributed by atoms with Crippen LogP contribution in [0.2, 0.25) is 5.02 Å². The number of benzene rings is 2. The van der Waals surface area contributed by atoms with Crippen molar-refractivity contribution in [2.24, 2.45) is 0 Å². The normalized spacial score (nSPS) is 12.4. The number of nitrogens with one attached hydrogen (secondary N) is 1. The third-order valence-electron chi connectivity index (χ3n) is 3.61. The van der Waals surface area contributed by atoms with Crippen molar-refractivity contribution in [2.45, 2.75) is 26.3 Å². The Bertz CT molecular complexity index is 610. The summed E-state index contributed by atoms with van der Waals surface area (Å²) >= 11 is 5.85. The number of hydrogen-bond acceptors (Lipinski definition) is 1. The van der Waals surface area contributed by atoms with E-state index in [0.29, 0.717) is 12.0 Å². The highest BCUT2D eigenvalue weighted by Crippen LogP contribution is 2.26. The van der Waals surface area contributed by atoms with Gasteiger partial charge in [-0.3, -0.25) is 0 Å². The lowest BCUT2D eigenvalue weighted by Gasteiger charge is -2.20. The van der Waals surface area contributed by atoms with Gasteiger partial charge in [-0.1, -0.05) is 47.5 Å². The van der Waals surface area contributed by atoms with Crippen LogP contribution in [0.15, 0.2) is 36.4 Å². The summed E-state index contributed by atoms with van der Waals surface area (Å²) in [5.41, 5.74) is 4.25. The fourth-order valence-electron chi connectivity index (χ4n) is 2.43. The first-order chi connectivity index (χ1) is 9.52. The second-order valence-electron chi connectivity index (χ2n) is 5.12. The SMILES string of the molecule is CNC(Cc1cccc(Cl)c1F)c1cc(C)ccc1C. The molecular formula is C17H19ClFN. The minimum atomic E-state index is -0.320. The quantitative estimate of drug-likeness (QED) is 0.868. The van der Waals surface area contributed by atoms with E-state index in [1.165, 1.54) is 16.7 Å². The monoisotopic (exact) mass is 291 g/mol. The minimum absolute atomic E-state index is 0.0721. The van der Waals surface area contributed by atoms with Crippen LogP contribution in [0.1, 0.15) is 28.3 Å². The highest BCUT2D eigenvalue weighted by molar-refractivity contribution is 6.30. The van der Waals surface area contributed by atoms with E-state index in [1.807, 2.05) is 7.05 Å². The van der Waals surface area contributed by atoms with Crippen molar-refractivity contribution in [3.8, 4) is 0 Å². The molecule has 1 atom stereocenters. The zero-order chi connectivity index (χ0) is 14.7. The van der Waals surface area contributed by atoms with E-state index in [4.69, 9.17) is 11.6 Å². The lowest BCUT2D eigenvalue weighted by atomic mass is 9.94. The Hall–Kier alpha value is -1.38. The van der Waals surface area contributed by atoms with E-state index in [2.05, 4.69) is 37.4 Å². The van der Waals surface area contributed by atoms with Gasteiger partial charge in [-0.2, -0.15) is 0 Å². The summed E-state index contributed by atoms with van der Waals surface area (Å²) < 4.78 is 14.0. The fourth-order valence-corrected chi connectivity index (χ4v) is 2.62. The first-order valence-corrected chi connectivity index (χ1v) is 7.08. The van der Waals surface area contributed by atoms with Crippen molar-refractivity contribution in [3.05, 3.63) is 69.5 Å². The third kappa shape index (κ3) is 3.20. The molecule has 2 rings (SSSR count). The molecule has 0 spiro atoms. The molecule has 20 heavy (non-hydrogen) atoms. The summed E-state index contributed by atoms with van der Waals surface area (Å²) in [4.78, 5) is 0. The maximum Gasteiger partial charge on any atom is 0.145 e. The van der Waals surface area contributed by atoms with E-state index in [0.717, 1.165) is 0 Å². The molecule has 0 aliphatic heterocycles. The maximum absolute atomic E-state index is 14.0. The summed E-state index contributed by atoms with van der Waals surface area (Å²) in [6, 6.07) is 11.6. The molecule has 2 aromatic rings. The van der Waals surface area contributed by atoms with Crippen LogP contribution < -0.4 is 5.32 Å². The molecule has 2 aromatic carbocycles. The Kier molecular flexibility index (Phi) is 4.79. The van der Waals surface area contributed by atoms with Gasteiger partial charge in [0.2, 0.25) is 0 Å². The Labute approximate surface area is 124 Å². The summed E-state index contributed by atoms with van der Waals surface area (Å²) in [6.07, 6.45) is 0.577. The Morgan fingerprint density at radius 1 is 1.20 bits per heavy atom. The van der Waals surface area contributed by atoms with Gasteiger partial charge in [0.25, 0.3) is 0 Å². The van der Waals surface area contributed by atoms with Crippen LogP contribution >= 0.6 is 11.6 Å². The zero-order valence-electron chi connectivity index (χ0n) is 12.0. The Balaban J connectivity index is 2.34. The number of likely N-dealkylation sites (N-methyl/N-ethyl adjacent to an activating group) is 1. The second kappa shape index (κ2) is 6.38. The molecule has 3 heteroatoms. The van der Waals surface area contributed by atoms with Gasteiger partial charge in [0.05, 0.1) is 5.02 Å². The van der Waals surface area contributed by atoms with Crippen LogP contribution in [0.4, 0.5) is 4.39 Å². The number of rotatable bonds is 4. The first-order valence-electron chi connectivity index (χ1n) is 6.70. The molecule has 0 saturated carbocycles. The predicted molar refractivity (Wildman–Crippen MR) is 82.8 cm³/mol. The molecule has 0 bridgehead atoms. The van der Waals surface area contributed by atoms with Crippen LogP contribution in [-0.4, -0.2) is 7.05 Å². The molecule has 1 unspecified atom stereocenters. The molecule has 0 aromatic heterocycles. The fraction of sp³-hybridized carbons (Fsp3) is 0.294. The number of aryl methyl sites for hydroxylation is 2. The van der Waals surface area contributed by atoms with Gasteiger partial charge in [-0.05, 0) is 50.1 Å². The Morgan fingerprint density at radius 3 is 2.65 bits per heavy atom. The largest absolute Gasteiger partial charge is 0.313 e. The van der Waals surface area contributed by atoms with E-state index in [9.17, 15) is 4.39 Å². The predicted octanol–water partition coefficient (Wildman–Crippen LogP) is 4.60. The summed E-state index contributed by atoms with van der Waals surface area (Å²) in [5, 5.41) is 3.45. The number of halogens is 2. The molecule has 0 fully saturated rings. The van der Waals surface area contributed by atoms with Crippen molar-refractivity contribution in [1.29, 1.82) is 0 Å². The first kappa shape index (κ1) is 15.0. The van der Waals surface area contributed by atoms with Gasteiger partial charge in [-0.25, -0.2) is 4.39 Å². The maximum atomic E-state index is 14.0. The topological polar surface area (TPSA) is 12.0 Å². The lowest BCUT2D eigenvalue weighted by molar-refractivity contribution is 0.552. The highest BCUT2D eigenvalue weighted by atomic mass is 35.5. The zero-order valence-corrected chi connectivity index (χ0v) is 12.8. The molecule has 1 nitrogen and oxygen atoms in total.